The van der Waals surface area contributed by atoms with E-state index in [2.05, 4.69) is 27.7 Å². The zero-order valence-electron chi connectivity index (χ0n) is 14.5. The Balaban J connectivity index is 1.44. The van der Waals surface area contributed by atoms with E-state index in [9.17, 15) is 4.79 Å². The summed E-state index contributed by atoms with van der Waals surface area (Å²) in [5.74, 6) is 0.155. The number of quaternary nitrogens is 1. The van der Waals surface area contributed by atoms with Crippen LogP contribution in [0.1, 0.15) is 11.8 Å². The van der Waals surface area contributed by atoms with Gasteiger partial charge in [-0.2, -0.15) is 0 Å². The van der Waals surface area contributed by atoms with Gasteiger partial charge >= 0.3 is 0 Å². The molecule has 3 rings (SSSR count). The minimum absolute atomic E-state index is 0.00940. The first-order chi connectivity index (χ1) is 12.1. The van der Waals surface area contributed by atoms with Crippen molar-refractivity contribution in [3.63, 3.8) is 0 Å². The van der Waals surface area contributed by atoms with E-state index < -0.39 is 0 Å². The Morgan fingerprint density at radius 3 is 2.80 bits per heavy atom. The van der Waals surface area contributed by atoms with Crippen LogP contribution in [0.2, 0.25) is 5.02 Å². The van der Waals surface area contributed by atoms with Crippen molar-refractivity contribution in [1.82, 2.24) is 5.32 Å². The van der Waals surface area contributed by atoms with Gasteiger partial charge in [0.25, 0.3) is 5.91 Å². The van der Waals surface area contributed by atoms with Crippen molar-refractivity contribution in [3.8, 4) is 0 Å². The molecule has 4 nitrogen and oxygen atoms in total. The average molecular weight is 379 g/mol. The summed E-state index contributed by atoms with van der Waals surface area (Å²) < 4.78 is 0. The molecule has 0 saturated carbocycles. The first kappa shape index (κ1) is 18.2. The lowest BCUT2D eigenvalue weighted by Crippen LogP contribution is -3.19. The van der Waals surface area contributed by atoms with E-state index in [0.29, 0.717) is 6.54 Å². The van der Waals surface area contributed by atoms with E-state index in [0.717, 1.165) is 37.6 Å². The van der Waals surface area contributed by atoms with E-state index in [-0.39, 0.29) is 11.9 Å². The van der Waals surface area contributed by atoms with Gasteiger partial charge in [0.1, 0.15) is 0 Å². The topological polar surface area (TPSA) is 36.8 Å². The number of thiophene rings is 1. The molecule has 1 aromatic carbocycles. The molecule has 134 valence electrons. The Morgan fingerprint density at radius 1 is 1.32 bits per heavy atom. The third kappa shape index (κ3) is 4.97. The van der Waals surface area contributed by atoms with Gasteiger partial charge in [0.2, 0.25) is 0 Å². The molecule has 2 N–H and O–H groups in total. The summed E-state index contributed by atoms with van der Waals surface area (Å²) in [4.78, 5) is 17.4. The molecule has 0 radical (unpaired) electrons. The molecule has 1 aromatic heterocycles. The molecule has 25 heavy (non-hydrogen) atoms. The van der Waals surface area contributed by atoms with Gasteiger partial charge in [0.05, 0.1) is 26.2 Å². The molecule has 1 atom stereocenters. The van der Waals surface area contributed by atoms with Crippen LogP contribution in [-0.4, -0.2) is 44.7 Å². The van der Waals surface area contributed by atoms with Crippen molar-refractivity contribution in [1.29, 1.82) is 0 Å². The van der Waals surface area contributed by atoms with E-state index in [1.54, 1.807) is 11.3 Å². The molecular weight excluding hydrogens is 354 g/mol. The lowest BCUT2D eigenvalue weighted by Gasteiger charge is -2.36. The Morgan fingerprint density at radius 2 is 2.12 bits per heavy atom. The summed E-state index contributed by atoms with van der Waals surface area (Å²) in [5.41, 5.74) is 1.17. The van der Waals surface area contributed by atoms with Crippen LogP contribution in [0.15, 0.2) is 41.8 Å². The number of hydrogen-bond acceptors (Lipinski definition) is 3. The number of carbonyl (C=O) groups is 1. The van der Waals surface area contributed by atoms with E-state index in [1.165, 1.54) is 15.5 Å². The molecule has 0 aliphatic carbocycles. The van der Waals surface area contributed by atoms with E-state index in [1.807, 2.05) is 31.2 Å². The van der Waals surface area contributed by atoms with Gasteiger partial charge in [0.15, 0.2) is 6.04 Å². The Kier molecular flexibility index (Phi) is 6.34. The Bertz CT molecular complexity index is 684. The smallest absolute Gasteiger partial charge is 0.278 e. The summed E-state index contributed by atoms with van der Waals surface area (Å²) in [6, 6.07) is 12.1. The molecule has 1 aliphatic rings. The van der Waals surface area contributed by atoms with Crippen LogP contribution in [0.25, 0.3) is 0 Å². The highest BCUT2D eigenvalue weighted by atomic mass is 35.5. The van der Waals surface area contributed by atoms with Crippen molar-refractivity contribution in [2.75, 3.05) is 37.6 Å². The highest BCUT2D eigenvalue weighted by molar-refractivity contribution is 7.09. The molecule has 2 aromatic rings. The number of carbonyl (C=O) groups excluding carboxylic acids is 1. The SMILES string of the molecule is C[C@@H](C(=O)NCCc1cccs1)[NH+]1CCN(c2cccc(Cl)c2)CC1. The maximum Gasteiger partial charge on any atom is 0.278 e. The number of halogens is 1. The van der Waals surface area contributed by atoms with Crippen molar-refractivity contribution >= 4 is 34.5 Å². The minimum Gasteiger partial charge on any atom is -0.360 e. The predicted molar refractivity (Wildman–Crippen MR) is 105 cm³/mol. The maximum atomic E-state index is 12.4. The van der Waals surface area contributed by atoms with Crippen LogP contribution >= 0.6 is 22.9 Å². The van der Waals surface area contributed by atoms with Crippen LogP contribution in [0.4, 0.5) is 5.69 Å². The van der Waals surface area contributed by atoms with Crippen LogP contribution in [0.3, 0.4) is 0 Å². The summed E-state index contributed by atoms with van der Waals surface area (Å²) in [6.07, 6.45) is 0.911. The van der Waals surface area contributed by atoms with Gasteiger partial charge in [-0.05, 0) is 43.0 Å². The summed E-state index contributed by atoms with van der Waals surface area (Å²) in [7, 11) is 0. The van der Waals surface area contributed by atoms with Crippen LogP contribution in [0, 0.1) is 0 Å². The second-order valence-corrected chi connectivity index (χ2v) is 7.94. The first-order valence-electron chi connectivity index (χ1n) is 8.78. The quantitative estimate of drug-likeness (QED) is 0.805. The minimum atomic E-state index is -0.00940. The van der Waals surface area contributed by atoms with Crippen LogP contribution in [-0.2, 0) is 11.2 Å². The summed E-state index contributed by atoms with van der Waals surface area (Å²) in [6.45, 7) is 6.57. The molecular formula is C19H25ClN3OS+. The van der Waals surface area contributed by atoms with Gasteiger partial charge in [-0.1, -0.05) is 23.7 Å². The van der Waals surface area contributed by atoms with E-state index in [4.69, 9.17) is 11.6 Å². The second-order valence-electron chi connectivity index (χ2n) is 6.47. The summed E-state index contributed by atoms with van der Waals surface area (Å²) in [5, 5.41) is 5.93. The highest BCUT2D eigenvalue weighted by Crippen LogP contribution is 2.19. The third-order valence-electron chi connectivity index (χ3n) is 4.84. The maximum absolute atomic E-state index is 12.4. The van der Waals surface area contributed by atoms with Gasteiger partial charge < -0.3 is 15.1 Å². The number of hydrogen-bond donors (Lipinski definition) is 2. The normalized spacial score (nSPS) is 16.6. The van der Waals surface area contributed by atoms with Crippen molar-refractivity contribution in [2.45, 2.75) is 19.4 Å². The van der Waals surface area contributed by atoms with Crippen molar-refractivity contribution < 1.29 is 9.69 Å². The molecule has 2 heterocycles. The lowest BCUT2D eigenvalue weighted by molar-refractivity contribution is -0.914. The van der Waals surface area contributed by atoms with Gasteiger partial charge in [-0.15, -0.1) is 11.3 Å². The largest absolute Gasteiger partial charge is 0.360 e. The molecule has 1 saturated heterocycles. The van der Waals surface area contributed by atoms with Gasteiger partial charge in [-0.3, -0.25) is 4.79 Å². The molecule has 1 aliphatic heterocycles. The Hall–Kier alpha value is -1.56. The number of benzene rings is 1. The summed E-state index contributed by atoms with van der Waals surface area (Å²) >= 11 is 7.82. The number of piperazine rings is 1. The van der Waals surface area contributed by atoms with Gasteiger partial charge in [0, 0.05) is 22.1 Å². The standard InChI is InChI=1S/C19H24ClN3OS/c1-15(19(24)21-8-7-18-6-3-13-25-18)22-9-11-23(12-10-22)17-5-2-4-16(20)14-17/h2-6,13-15H,7-12H2,1H3,(H,21,24)/p+1/t15-/m0/s1. The molecule has 6 heteroatoms. The lowest BCUT2D eigenvalue weighted by atomic mass is 10.2. The van der Waals surface area contributed by atoms with Crippen molar-refractivity contribution in [3.05, 3.63) is 51.7 Å². The molecule has 0 unspecified atom stereocenters. The molecule has 1 fully saturated rings. The monoisotopic (exact) mass is 378 g/mol. The predicted octanol–water partition coefficient (Wildman–Crippen LogP) is 1.85. The average Bonchev–Trinajstić information content (AvgIpc) is 3.14. The van der Waals surface area contributed by atoms with Crippen LogP contribution < -0.4 is 15.1 Å². The molecule has 1 amide bonds. The zero-order valence-corrected chi connectivity index (χ0v) is 16.1. The number of anilines is 1. The fourth-order valence-corrected chi connectivity index (χ4v) is 4.15. The zero-order chi connectivity index (χ0) is 17.6. The fraction of sp³-hybridized carbons (Fsp3) is 0.421. The highest BCUT2D eigenvalue weighted by Gasteiger charge is 2.29. The van der Waals surface area contributed by atoms with E-state index >= 15 is 0 Å². The number of rotatable bonds is 6. The number of amides is 1. The Labute approximate surface area is 158 Å². The number of nitrogens with zero attached hydrogens (tertiary/aromatic N) is 1. The first-order valence-corrected chi connectivity index (χ1v) is 10.0. The third-order valence-corrected chi connectivity index (χ3v) is 6.01. The van der Waals surface area contributed by atoms with Gasteiger partial charge in [-0.25, -0.2) is 0 Å². The van der Waals surface area contributed by atoms with Crippen molar-refractivity contribution in [2.24, 2.45) is 0 Å². The number of nitrogens with one attached hydrogen (secondary N) is 2. The van der Waals surface area contributed by atoms with Crippen LogP contribution in [0.5, 0.6) is 0 Å². The second kappa shape index (κ2) is 8.70. The fourth-order valence-electron chi connectivity index (χ4n) is 3.26. The molecule has 0 spiro atoms. The molecule has 0 bridgehead atoms.